The zero-order valence-electron chi connectivity index (χ0n) is 13.7. The first-order chi connectivity index (χ1) is 11.1. The fraction of sp³-hybridized carbons (Fsp3) is 0.667. The predicted octanol–water partition coefficient (Wildman–Crippen LogP) is 4.85. The Morgan fingerprint density at radius 3 is 2.83 bits per heavy atom. The Kier molecular flexibility index (Phi) is 5.87. The molecular weight excluding hydrogens is 333 g/mol. The molecule has 1 aromatic carbocycles. The molecule has 2 heterocycles. The van der Waals surface area contributed by atoms with Crippen LogP contribution in [0.5, 0.6) is 0 Å². The third kappa shape index (κ3) is 4.02. The molecule has 2 aliphatic heterocycles. The van der Waals surface area contributed by atoms with Gasteiger partial charge in [-0.1, -0.05) is 36.2 Å². The van der Waals surface area contributed by atoms with Crippen LogP contribution in [0, 0.1) is 0 Å². The van der Waals surface area contributed by atoms with Crippen molar-refractivity contribution in [3.8, 4) is 0 Å². The summed E-state index contributed by atoms with van der Waals surface area (Å²) in [6, 6.07) is 5.89. The normalized spacial score (nSPS) is 29.6. The minimum Gasteiger partial charge on any atom is -0.353 e. The summed E-state index contributed by atoms with van der Waals surface area (Å²) in [7, 11) is 0. The highest BCUT2D eigenvalue weighted by Gasteiger charge is 2.40. The Bertz CT molecular complexity index is 534. The van der Waals surface area contributed by atoms with Gasteiger partial charge < -0.3 is 14.4 Å². The van der Waals surface area contributed by atoms with Gasteiger partial charge in [0.1, 0.15) is 5.60 Å². The van der Waals surface area contributed by atoms with Crippen LogP contribution in [0.25, 0.3) is 0 Å². The maximum atomic E-state index is 6.57. The molecular formula is C18H25Cl2NO2. The molecule has 2 atom stereocenters. The molecule has 128 valence electrons. The van der Waals surface area contributed by atoms with Crippen LogP contribution in [0.2, 0.25) is 10.0 Å². The van der Waals surface area contributed by atoms with Crippen molar-refractivity contribution in [2.45, 2.75) is 50.9 Å². The van der Waals surface area contributed by atoms with Crippen molar-refractivity contribution in [3.05, 3.63) is 33.8 Å². The highest BCUT2D eigenvalue weighted by Crippen LogP contribution is 2.40. The van der Waals surface area contributed by atoms with E-state index < -0.39 is 0 Å². The summed E-state index contributed by atoms with van der Waals surface area (Å²) in [5, 5.41) is 1.17. The third-order valence-corrected chi connectivity index (χ3v) is 5.66. The minimum atomic E-state index is -0.357. The topological polar surface area (TPSA) is 21.7 Å². The van der Waals surface area contributed by atoms with Gasteiger partial charge in [0.25, 0.3) is 0 Å². The lowest BCUT2D eigenvalue weighted by molar-refractivity contribution is -0.242. The van der Waals surface area contributed by atoms with E-state index in [1.807, 2.05) is 12.1 Å². The van der Waals surface area contributed by atoms with E-state index in [2.05, 4.69) is 17.9 Å². The summed E-state index contributed by atoms with van der Waals surface area (Å²) in [5.74, 6) is 0. The second-order valence-corrected chi connectivity index (χ2v) is 7.32. The zero-order valence-corrected chi connectivity index (χ0v) is 15.2. The Morgan fingerprint density at radius 2 is 2.13 bits per heavy atom. The van der Waals surface area contributed by atoms with Gasteiger partial charge >= 0.3 is 0 Å². The van der Waals surface area contributed by atoms with Crippen molar-refractivity contribution >= 4 is 23.2 Å². The molecule has 5 heteroatoms. The number of hydrogen-bond donors (Lipinski definition) is 0. The second-order valence-electron chi connectivity index (χ2n) is 6.51. The monoisotopic (exact) mass is 357 g/mol. The minimum absolute atomic E-state index is 0.116. The maximum absolute atomic E-state index is 6.57. The van der Waals surface area contributed by atoms with Gasteiger partial charge in [0.2, 0.25) is 0 Å². The van der Waals surface area contributed by atoms with E-state index in [0.29, 0.717) is 10.0 Å². The van der Waals surface area contributed by atoms with E-state index in [9.17, 15) is 0 Å². The summed E-state index contributed by atoms with van der Waals surface area (Å²) in [6.07, 6.45) is 5.24. The summed E-state index contributed by atoms with van der Waals surface area (Å²) in [5.41, 5.74) is 0.754. The number of nitrogens with zero attached hydrogens (tertiary/aromatic N) is 1. The van der Waals surface area contributed by atoms with Crippen LogP contribution < -0.4 is 0 Å². The van der Waals surface area contributed by atoms with Crippen molar-refractivity contribution < 1.29 is 9.47 Å². The van der Waals surface area contributed by atoms with Gasteiger partial charge in [0.15, 0.2) is 6.29 Å². The van der Waals surface area contributed by atoms with Gasteiger partial charge in [-0.05, 0) is 62.9 Å². The van der Waals surface area contributed by atoms with Gasteiger partial charge in [-0.15, -0.1) is 0 Å². The van der Waals surface area contributed by atoms with Crippen molar-refractivity contribution in [1.29, 1.82) is 0 Å². The van der Waals surface area contributed by atoms with Gasteiger partial charge in [-0.3, -0.25) is 0 Å². The molecule has 2 fully saturated rings. The SMILES string of the molecule is CCN1CCCC(OC2CCCCO2)(c2ccc(Cl)c(Cl)c2)C1. The van der Waals surface area contributed by atoms with Crippen LogP contribution >= 0.6 is 23.2 Å². The Labute approximate surface area is 148 Å². The first-order valence-corrected chi connectivity index (χ1v) is 9.36. The van der Waals surface area contributed by atoms with Crippen LogP contribution in [-0.4, -0.2) is 37.4 Å². The standard InChI is InChI=1S/C18H25Cl2NO2/c1-2-21-10-5-9-18(13-21,23-17-6-3-4-11-22-17)14-7-8-15(19)16(20)12-14/h7-8,12,17H,2-6,9-11,13H2,1H3. The largest absolute Gasteiger partial charge is 0.353 e. The highest BCUT2D eigenvalue weighted by molar-refractivity contribution is 6.42. The smallest absolute Gasteiger partial charge is 0.158 e. The Hall–Kier alpha value is -0.320. The summed E-state index contributed by atoms with van der Waals surface area (Å²) in [4.78, 5) is 2.44. The van der Waals surface area contributed by atoms with E-state index >= 15 is 0 Å². The molecule has 3 nitrogen and oxygen atoms in total. The molecule has 0 bridgehead atoms. The fourth-order valence-corrected chi connectivity index (χ4v) is 3.91. The lowest BCUT2D eigenvalue weighted by Crippen LogP contribution is -2.50. The van der Waals surface area contributed by atoms with Crippen LogP contribution in [0.15, 0.2) is 18.2 Å². The van der Waals surface area contributed by atoms with Crippen LogP contribution in [0.1, 0.15) is 44.6 Å². The molecule has 0 spiro atoms. The average molecular weight is 358 g/mol. The van der Waals surface area contributed by atoms with Crippen molar-refractivity contribution in [2.75, 3.05) is 26.2 Å². The molecule has 0 aromatic heterocycles. The van der Waals surface area contributed by atoms with E-state index in [4.69, 9.17) is 32.7 Å². The molecule has 0 saturated carbocycles. The lowest BCUT2D eigenvalue weighted by atomic mass is 9.85. The number of halogens is 2. The number of piperidine rings is 1. The van der Waals surface area contributed by atoms with E-state index in [-0.39, 0.29) is 11.9 Å². The second kappa shape index (κ2) is 7.71. The summed E-state index contributed by atoms with van der Waals surface area (Å²) >= 11 is 12.4. The Morgan fingerprint density at radius 1 is 1.26 bits per heavy atom. The molecule has 2 unspecified atom stereocenters. The van der Waals surface area contributed by atoms with Crippen molar-refractivity contribution in [3.63, 3.8) is 0 Å². The maximum Gasteiger partial charge on any atom is 0.158 e. The molecule has 23 heavy (non-hydrogen) atoms. The van der Waals surface area contributed by atoms with E-state index in [1.165, 1.54) is 6.42 Å². The number of likely N-dealkylation sites (N-methyl/N-ethyl adjacent to an activating group) is 1. The summed E-state index contributed by atoms with van der Waals surface area (Å²) in [6.45, 7) is 6.01. The number of benzene rings is 1. The summed E-state index contributed by atoms with van der Waals surface area (Å²) < 4.78 is 12.4. The zero-order chi connectivity index (χ0) is 16.3. The van der Waals surface area contributed by atoms with Crippen molar-refractivity contribution in [1.82, 2.24) is 4.90 Å². The van der Waals surface area contributed by atoms with Gasteiger partial charge in [0, 0.05) is 13.2 Å². The molecule has 0 amide bonds. The highest BCUT2D eigenvalue weighted by atomic mass is 35.5. The molecule has 3 rings (SSSR count). The number of ether oxygens (including phenoxy) is 2. The van der Waals surface area contributed by atoms with Gasteiger partial charge in [-0.25, -0.2) is 0 Å². The van der Waals surface area contributed by atoms with E-state index in [0.717, 1.165) is 57.5 Å². The molecule has 0 N–H and O–H groups in total. The van der Waals surface area contributed by atoms with Gasteiger partial charge in [0.05, 0.1) is 10.0 Å². The van der Waals surface area contributed by atoms with E-state index in [1.54, 1.807) is 0 Å². The number of rotatable bonds is 4. The van der Waals surface area contributed by atoms with Crippen LogP contribution in [0.3, 0.4) is 0 Å². The quantitative estimate of drug-likeness (QED) is 0.768. The fourth-order valence-electron chi connectivity index (χ4n) is 3.61. The van der Waals surface area contributed by atoms with Crippen LogP contribution in [0.4, 0.5) is 0 Å². The first-order valence-electron chi connectivity index (χ1n) is 8.60. The predicted molar refractivity (Wildman–Crippen MR) is 94.2 cm³/mol. The third-order valence-electron chi connectivity index (χ3n) is 4.92. The van der Waals surface area contributed by atoms with Crippen LogP contribution in [-0.2, 0) is 15.1 Å². The van der Waals surface area contributed by atoms with Gasteiger partial charge in [-0.2, -0.15) is 0 Å². The molecule has 1 aromatic rings. The number of likely N-dealkylation sites (tertiary alicyclic amines) is 1. The molecule has 0 aliphatic carbocycles. The number of hydrogen-bond acceptors (Lipinski definition) is 3. The molecule has 0 radical (unpaired) electrons. The molecule has 2 aliphatic rings. The van der Waals surface area contributed by atoms with Crippen molar-refractivity contribution in [2.24, 2.45) is 0 Å². The average Bonchev–Trinajstić information content (AvgIpc) is 2.58. The Balaban J connectivity index is 1.89. The first kappa shape index (κ1) is 17.5. The lowest BCUT2D eigenvalue weighted by Gasteiger charge is -2.45. The molecule has 2 saturated heterocycles.